The number of anilines is 2. The Kier molecular flexibility index (Phi) is 5.48. The summed E-state index contributed by atoms with van der Waals surface area (Å²) in [7, 11) is -3.44. The van der Waals surface area contributed by atoms with Crippen LogP contribution < -0.4 is 16.0 Å². The summed E-state index contributed by atoms with van der Waals surface area (Å²) in [5.74, 6) is -1.85. The Balaban J connectivity index is 2.35. The van der Waals surface area contributed by atoms with E-state index in [-0.39, 0.29) is 5.56 Å². The Bertz CT molecular complexity index is 746. The lowest BCUT2D eigenvalue weighted by atomic mass is 10.0. The van der Waals surface area contributed by atoms with E-state index in [1.54, 1.807) is 12.1 Å². The summed E-state index contributed by atoms with van der Waals surface area (Å²) in [4.78, 5) is 25.6. The molecule has 1 atom stereocenters. The summed E-state index contributed by atoms with van der Waals surface area (Å²) in [6.07, 6.45) is 4.22. The van der Waals surface area contributed by atoms with E-state index in [2.05, 4.69) is 17.1 Å². The minimum Gasteiger partial charge on any atom is -0.367 e. The van der Waals surface area contributed by atoms with Gasteiger partial charge in [-0.3, -0.25) is 9.59 Å². The summed E-state index contributed by atoms with van der Waals surface area (Å²) in [5.41, 5.74) is 6.76. The molecule has 2 rings (SSSR count). The maximum atomic E-state index is 12.0. The number of nitrogens with two attached hydrogens (primary N) is 1. The van der Waals surface area contributed by atoms with Crippen LogP contribution in [0.5, 0.6) is 0 Å². The average molecular weight is 353 g/mol. The molecular formula is C16H23N3O4S. The van der Waals surface area contributed by atoms with Crippen molar-refractivity contribution in [2.24, 2.45) is 5.73 Å². The second kappa shape index (κ2) is 7.21. The van der Waals surface area contributed by atoms with Crippen molar-refractivity contribution in [2.45, 2.75) is 32.2 Å². The molecule has 0 unspecified atom stereocenters. The predicted molar refractivity (Wildman–Crippen MR) is 94.0 cm³/mol. The number of primary amides is 1. The fourth-order valence-corrected chi connectivity index (χ4v) is 3.47. The molecule has 2 amide bonds. The topological polar surface area (TPSA) is 110 Å². The molecule has 7 nitrogen and oxygen atoms in total. The number of hydrogen-bond donors (Lipinski definition) is 2. The van der Waals surface area contributed by atoms with E-state index >= 15 is 0 Å². The van der Waals surface area contributed by atoms with E-state index in [9.17, 15) is 18.0 Å². The highest BCUT2D eigenvalue weighted by Crippen LogP contribution is 2.32. The second-order valence-electron chi connectivity index (χ2n) is 6.25. The molecule has 1 aliphatic rings. The third kappa shape index (κ3) is 4.70. The van der Waals surface area contributed by atoms with Crippen LogP contribution in [0.1, 0.15) is 36.5 Å². The van der Waals surface area contributed by atoms with Crippen LogP contribution in [-0.4, -0.2) is 44.8 Å². The van der Waals surface area contributed by atoms with Gasteiger partial charge in [0.05, 0.1) is 11.4 Å². The van der Waals surface area contributed by atoms with Gasteiger partial charge in [-0.25, -0.2) is 8.42 Å². The van der Waals surface area contributed by atoms with E-state index in [4.69, 9.17) is 5.73 Å². The number of nitrogens with zero attached hydrogens (tertiary/aromatic N) is 1. The van der Waals surface area contributed by atoms with Crippen molar-refractivity contribution in [3.05, 3.63) is 23.8 Å². The van der Waals surface area contributed by atoms with Crippen LogP contribution >= 0.6 is 0 Å². The number of hydrogen-bond acceptors (Lipinski definition) is 5. The van der Waals surface area contributed by atoms with Crippen molar-refractivity contribution in [2.75, 3.05) is 28.8 Å². The Hall–Kier alpha value is -2.09. The van der Waals surface area contributed by atoms with Crippen LogP contribution in [-0.2, 0) is 14.6 Å². The minimum absolute atomic E-state index is 0.262. The van der Waals surface area contributed by atoms with Crippen molar-refractivity contribution in [3.63, 3.8) is 0 Å². The largest absolute Gasteiger partial charge is 0.367 e. The standard InChI is InChI=1S/C16H23N3O4S/c1-11-5-3-4-8-19(11)14-7-6-12(16(17)21)9-13(14)18-15(20)10-24(2,22)23/h6-7,9,11H,3-5,8,10H2,1-2H3,(H2,17,21)(H,18,20)/t11-/m1/s1. The highest BCUT2D eigenvalue weighted by Gasteiger charge is 2.23. The summed E-state index contributed by atoms with van der Waals surface area (Å²) >= 11 is 0. The number of carbonyl (C=O) groups is 2. The molecule has 0 aliphatic carbocycles. The third-order valence-electron chi connectivity index (χ3n) is 4.06. The lowest BCUT2D eigenvalue weighted by molar-refractivity contribution is -0.113. The van der Waals surface area contributed by atoms with Gasteiger partial charge in [-0.1, -0.05) is 0 Å². The summed E-state index contributed by atoms with van der Waals surface area (Å²) in [6.45, 7) is 2.94. The highest BCUT2D eigenvalue weighted by molar-refractivity contribution is 7.91. The van der Waals surface area contributed by atoms with Crippen LogP contribution in [0.3, 0.4) is 0 Å². The van der Waals surface area contributed by atoms with E-state index in [0.29, 0.717) is 11.7 Å². The molecule has 0 spiro atoms. The first kappa shape index (κ1) is 18.3. The van der Waals surface area contributed by atoms with Crippen LogP contribution in [0.4, 0.5) is 11.4 Å². The molecule has 0 aromatic heterocycles. The van der Waals surface area contributed by atoms with Crippen molar-refractivity contribution in [3.8, 4) is 0 Å². The molecule has 1 aromatic rings. The van der Waals surface area contributed by atoms with Gasteiger partial charge >= 0.3 is 0 Å². The van der Waals surface area contributed by atoms with Gasteiger partial charge in [0, 0.05) is 24.4 Å². The SMILES string of the molecule is C[C@@H]1CCCCN1c1ccc(C(N)=O)cc1NC(=O)CS(C)(=O)=O. The molecule has 1 aromatic carbocycles. The zero-order chi connectivity index (χ0) is 17.9. The summed E-state index contributed by atoms with van der Waals surface area (Å²) < 4.78 is 22.6. The summed E-state index contributed by atoms with van der Waals surface area (Å²) in [5, 5.41) is 2.61. The summed E-state index contributed by atoms with van der Waals surface area (Å²) in [6, 6.07) is 5.16. The van der Waals surface area contributed by atoms with Crippen LogP contribution in [0.2, 0.25) is 0 Å². The molecule has 132 valence electrons. The molecule has 3 N–H and O–H groups in total. The Morgan fingerprint density at radius 2 is 2.04 bits per heavy atom. The number of nitrogens with one attached hydrogen (secondary N) is 1. The lowest BCUT2D eigenvalue weighted by Gasteiger charge is -2.36. The molecule has 0 saturated carbocycles. The minimum atomic E-state index is -3.44. The molecule has 0 radical (unpaired) electrons. The van der Waals surface area contributed by atoms with Crippen molar-refractivity contribution >= 4 is 33.0 Å². The number of carbonyl (C=O) groups excluding carboxylic acids is 2. The second-order valence-corrected chi connectivity index (χ2v) is 8.39. The van der Waals surface area contributed by atoms with Gasteiger partial charge in [-0.2, -0.15) is 0 Å². The molecule has 1 heterocycles. The first-order valence-electron chi connectivity index (χ1n) is 7.85. The number of benzene rings is 1. The van der Waals surface area contributed by atoms with Gasteiger partial charge in [0.2, 0.25) is 11.8 Å². The number of amides is 2. The quantitative estimate of drug-likeness (QED) is 0.825. The smallest absolute Gasteiger partial charge is 0.248 e. The monoisotopic (exact) mass is 353 g/mol. The van der Waals surface area contributed by atoms with Crippen LogP contribution in [0.15, 0.2) is 18.2 Å². The van der Waals surface area contributed by atoms with E-state index in [0.717, 1.165) is 37.8 Å². The molecule has 24 heavy (non-hydrogen) atoms. The third-order valence-corrected chi connectivity index (χ3v) is 4.85. The van der Waals surface area contributed by atoms with E-state index in [1.807, 2.05) is 0 Å². The maximum absolute atomic E-state index is 12.0. The average Bonchev–Trinajstić information content (AvgIpc) is 2.46. The Labute approximate surface area is 142 Å². The first-order chi connectivity index (χ1) is 11.2. The van der Waals surface area contributed by atoms with Crippen molar-refractivity contribution in [1.29, 1.82) is 0 Å². The molecular weight excluding hydrogens is 330 g/mol. The fraction of sp³-hybridized carbons (Fsp3) is 0.500. The van der Waals surface area contributed by atoms with E-state index < -0.39 is 27.4 Å². The molecule has 1 saturated heterocycles. The zero-order valence-electron chi connectivity index (χ0n) is 13.9. The normalized spacial score (nSPS) is 18.2. The maximum Gasteiger partial charge on any atom is 0.248 e. The van der Waals surface area contributed by atoms with Gasteiger partial charge in [0.15, 0.2) is 9.84 Å². The van der Waals surface area contributed by atoms with E-state index in [1.165, 1.54) is 6.07 Å². The molecule has 1 fully saturated rings. The Morgan fingerprint density at radius 3 is 2.62 bits per heavy atom. The van der Waals surface area contributed by atoms with Gasteiger partial charge in [0.25, 0.3) is 0 Å². The van der Waals surface area contributed by atoms with Crippen molar-refractivity contribution in [1.82, 2.24) is 0 Å². The highest BCUT2D eigenvalue weighted by atomic mass is 32.2. The lowest BCUT2D eigenvalue weighted by Crippen LogP contribution is -2.38. The Morgan fingerprint density at radius 1 is 1.33 bits per heavy atom. The molecule has 0 bridgehead atoms. The fourth-order valence-electron chi connectivity index (χ4n) is 2.92. The van der Waals surface area contributed by atoms with Crippen LogP contribution in [0, 0.1) is 0 Å². The number of sulfone groups is 1. The number of rotatable bonds is 5. The molecule has 8 heteroatoms. The van der Waals surface area contributed by atoms with Gasteiger partial charge in [-0.05, 0) is 44.4 Å². The van der Waals surface area contributed by atoms with Gasteiger partial charge in [0.1, 0.15) is 5.75 Å². The van der Waals surface area contributed by atoms with Crippen LogP contribution in [0.25, 0.3) is 0 Å². The van der Waals surface area contributed by atoms with Gasteiger partial charge < -0.3 is 16.0 Å². The molecule has 1 aliphatic heterocycles. The van der Waals surface area contributed by atoms with Gasteiger partial charge in [-0.15, -0.1) is 0 Å². The number of piperidine rings is 1. The zero-order valence-corrected chi connectivity index (χ0v) is 14.7. The predicted octanol–water partition coefficient (Wildman–Crippen LogP) is 1.15. The van der Waals surface area contributed by atoms with Crippen molar-refractivity contribution < 1.29 is 18.0 Å². The first-order valence-corrected chi connectivity index (χ1v) is 9.91.